The molecule has 0 spiro atoms. The molecule has 0 bridgehead atoms. The molecule has 2 aliphatic rings. The standard InChI is InChI=1S/C57H110O6Si3/c1-17-18-19-20-21-22-23-24-27-33-40-54(63-66(15,16)57(8,9)10)52-44-43-51(60-52)49-41-35-42-50(59-49)53(62-65(13,14)56(5,6)7)39-34-28-25-26-32-38-48(61-64(11,12)55(2,3)4)46-58-45-47-36-30-29-31-37-47/h29-31,36-37,48-54H,17-28,32-35,38-46H2,1-16H3/t48-,49-,50+,51-,52-,53+,54-/m1/s1. The maximum absolute atomic E-state index is 7.33. The molecule has 0 aliphatic carbocycles. The largest absolute Gasteiger partial charge is 0.412 e. The second-order valence-corrected chi connectivity index (χ2v) is 39.9. The van der Waals surface area contributed by atoms with Crippen molar-refractivity contribution in [3.8, 4) is 0 Å². The van der Waals surface area contributed by atoms with Crippen LogP contribution in [0.2, 0.25) is 54.4 Å². The van der Waals surface area contributed by atoms with Gasteiger partial charge in [0.05, 0.1) is 55.9 Å². The van der Waals surface area contributed by atoms with Gasteiger partial charge < -0.3 is 27.5 Å². The maximum atomic E-state index is 7.33. The summed E-state index contributed by atoms with van der Waals surface area (Å²) in [5.74, 6) is 0. The average molecular weight is 976 g/mol. The Morgan fingerprint density at radius 1 is 0.500 bits per heavy atom. The molecule has 1 aromatic rings. The van der Waals surface area contributed by atoms with Crippen molar-refractivity contribution in [2.45, 2.75) is 321 Å². The smallest absolute Gasteiger partial charge is 0.192 e. The van der Waals surface area contributed by atoms with Gasteiger partial charge in [-0.15, -0.1) is 0 Å². The van der Waals surface area contributed by atoms with Crippen molar-refractivity contribution < 1.29 is 27.5 Å². The predicted octanol–water partition coefficient (Wildman–Crippen LogP) is 17.9. The zero-order valence-corrected chi connectivity index (χ0v) is 49.6. The Morgan fingerprint density at radius 3 is 1.38 bits per heavy atom. The zero-order chi connectivity index (χ0) is 49.1. The highest BCUT2D eigenvalue weighted by Gasteiger charge is 2.46. The highest BCUT2D eigenvalue weighted by atomic mass is 28.4. The van der Waals surface area contributed by atoms with Crippen molar-refractivity contribution >= 4 is 25.0 Å². The van der Waals surface area contributed by atoms with E-state index in [1.54, 1.807) is 0 Å². The van der Waals surface area contributed by atoms with E-state index in [0.29, 0.717) is 13.2 Å². The molecule has 0 unspecified atom stereocenters. The molecule has 0 amide bonds. The number of unbranched alkanes of at least 4 members (excludes halogenated alkanes) is 13. The van der Waals surface area contributed by atoms with Crippen LogP contribution in [0.1, 0.15) is 222 Å². The van der Waals surface area contributed by atoms with Crippen molar-refractivity contribution in [1.29, 1.82) is 0 Å². The predicted molar refractivity (Wildman–Crippen MR) is 291 cm³/mol. The van der Waals surface area contributed by atoms with Gasteiger partial charge in [-0.1, -0.05) is 196 Å². The second kappa shape index (κ2) is 28.6. The molecule has 0 saturated carbocycles. The Kier molecular flexibility index (Phi) is 26.0. The van der Waals surface area contributed by atoms with Crippen LogP contribution in [0, 0.1) is 0 Å². The van der Waals surface area contributed by atoms with Crippen molar-refractivity contribution in [2.75, 3.05) is 6.61 Å². The summed E-state index contributed by atoms with van der Waals surface area (Å²) in [7, 11) is -5.87. The Morgan fingerprint density at radius 2 is 0.909 bits per heavy atom. The van der Waals surface area contributed by atoms with Crippen molar-refractivity contribution in [3.63, 3.8) is 0 Å². The van der Waals surface area contributed by atoms with Crippen LogP contribution in [-0.4, -0.2) is 74.3 Å². The van der Waals surface area contributed by atoms with Crippen LogP contribution < -0.4 is 0 Å². The van der Waals surface area contributed by atoms with Crippen LogP contribution in [0.15, 0.2) is 30.3 Å². The first-order valence-corrected chi connectivity index (χ1v) is 36.6. The summed E-state index contributed by atoms with van der Waals surface area (Å²) in [6.07, 6.45) is 29.5. The van der Waals surface area contributed by atoms with Gasteiger partial charge in [-0.05, 0) is 111 Å². The fourth-order valence-electron chi connectivity index (χ4n) is 9.15. The number of rotatable bonds is 32. The summed E-state index contributed by atoms with van der Waals surface area (Å²) in [4.78, 5) is 0. The molecule has 0 N–H and O–H groups in total. The first-order chi connectivity index (χ1) is 30.9. The van der Waals surface area contributed by atoms with E-state index in [-0.39, 0.29) is 57.8 Å². The third-order valence-corrected chi connectivity index (χ3v) is 30.2. The van der Waals surface area contributed by atoms with Gasteiger partial charge in [0.1, 0.15) is 0 Å². The molecule has 2 aliphatic heterocycles. The molecule has 66 heavy (non-hydrogen) atoms. The molecule has 7 atom stereocenters. The van der Waals surface area contributed by atoms with E-state index < -0.39 is 25.0 Å². The van der Waals surface area contributed by atoms with Crippen LogP contribution in [-0.2, 0) is 34.1 Å². The first kappa shape index (κ1) is 59.9. The van der Waals surface area contributed by atoms with Crippen LogP contribution in [0.25, 0.3) is 0 Å². The first-order valence-electron chi connectivity index (χ1n) is 27.8. The molecular weight excluding hydrogens is 865 g/mol. The maximum Gasteiger partial charge on any atom is 0.192 e. The SMILES string of the molecule is CCCCCCCCCCCC[C@@H](O[Si](C)(C)C(C)(C)C)[C@H]1CC[C@H]([C@H]2CCC[C@@H]([C@H](CCCCCCC[C@H](COCc3ccccc3)O[Si](C)(C)C(C)(C)C)O[Si](C)(C)C(C)(C)C)O2)O1. The Balaban J connectivity index is 1.57. The second-order valence-electron chi connectivity index (χ2n) is 25.6. The summed E-state index contributed by atoms with van der Waals surface area (Å²) >= 11 is 0. The molecule has 3 rings (SSSR count). The molecule has 0 aromatic heterocycles. The van der Waals surface area contributed by atoms with E-state index in [1.807, 2.05) is 0 Å². The fraction of sp³-hybridized carbons (Fsp3) is 0.895. The monoisotopic (exact) mass is 975 g/mol. The molecule has 6 nitrogen and oxygen atoms in total. The summed E-state index contributed by atoms with van der Waals surface area (Å²) < 4.78 is 42.1. The minimum Gasteiger partial charge on any atom is -0.412 e. The highest BCUT2D eigenvalue weighted by molar-refractivity contribution is 6.75. The average Bonchev–Trinajstić information content (AvgIpc) is 3.73. The van der Waals surface area contributed by atoms with Crippen LogP contribution >= 0.6 is 0 Å². The topological polar surface area (TPSA) is 55.4 Å². The lowest BCUT2D eigenvalue weighted by molar-refractivity contribution is -0.156. The van der Waals surface area contributed by atoms with Crippen molar-refractivity contribution in [3.05, 3.63) is 35.9 Å². The van der Waals surface area contributed by atoms with Gasteiger partial charge in [-0.2, -0.15) is 0 Å². The summed E-state index contributed by atoms with van der Waals surface area (Å²) in [5, 5.41) is 0.514. The third-order valence-electron chi connectivity index (χ3n) is 16.7. The summed E-state index contributed by atoms with van der Waals surface area (Å²) in [6.45, 7) is 39.3. The van der Waals surface area contributed by atoms with Crippen molar-refractivity contribution in [1.82, 2.24) is 0 Å². The lowest BCUT2D eigenvalue weighted by Crippen LogP contribution is -2.50. The third kappa shape index (κ3) is 21.2. The molecule has 2 heterocycles. The number of benzene rings is 1. The highest BCUT2D eigenvalue weighted by Crippen LogP contribution is 2.43. The number of hydrogen-bond donors (Lipinski definition) is 0. The minimum atomic E-state index is -2.01. The van der Waals surface area contributed by atoms with E-state index in [9.17, 15) is 0 Å². The van der Waals surface area contributed by atoms with E-state index in [1.165, 1.54) is 108 Å². The van der Waals surface area contributed by atoms with E-state index in [0.717, 1.165) is 44.9 Å². The van der Waals surface area contributed by atoms with E-state index >= 15 is 0 Å². The van der Waals surface area contributed by atoms with Gasteiger partial charge in [0.15, 0.2) is 25.0 Å². The molecule has 9 heteroatoms. The molecule has 2 fully saturated rings. The van der Waals surface area contributed by atoms with Crippen LogP contribution in [0.3, 0.4) is 0 Å². The van der Waals surface area contributed by atoms with Crippen LogP contribution in [0.4, 0.5) is 0 Å². The quantitative estimate of drug-likeness (QED) is 0.0530. The number of ether oxygens (including phenoxy) is 3. The van der Waals surface area contributed by atoms with Gasteiger partial charge >= 0.3 is 0 Å². The van der Waals surface area contributed by atoms with Gasteiger partial charge in [-0.3, -0.25) is 0 Å². The zero-order valence-electron chi connectivity index (χ0n) is 46.6. The van der Waals surface area contributed by atoms with Gasteiger partial charge in [0, 0.05) is 0 Å². The number of hydrogen-bond acceptors (Lipinski definition) is 6. The van der Waals surface area contributed by atoms with Crippen LogP contribution in [0.5, 0.6) is 0 Å². The molecule has 0 radical (unpaired) electrons. The lowest BCUT2D eigenvalue weighted by atomic mass is 9.94. The minimum absolute atomic E-state index is 0.135. The van der Waals surface area contributed by atoms with E-state index in [2.05, 4.69) is 139 Å². The van der Waals surface area contributed by atoms with Gasteiger partial charge in [-0.25, -0.2) is 0 Å². The Hall–Kier alpha value is -0.369. The van der Waals surface area contributed by atoms with Gasteiger partial charge in [0.2, 0.25) is 0 Å². The molecule has 1 aromatic carbocycles. The lowest BCUT2D eigenvalue weighted by Gasteiger charge is -2.44. The summed E-state index contributed by atoms with van der Waals surface area (Å²) in [6, 6.07) is 10.5. The Bertz CT molecular complexity index is 1420. The van der Waals surface area contributed by atoms with Gasteiger partial charge in [0.25, 0.3) is 0 Å². The molecular formula is C57H110O6Si3. The molecule has 386 valence electrons. The van der Waals surface area contributed by atoms with Crippen molar-refractivity contribution in [2.24, 2.45) is 0 Å². The van der Waals surface area contributed by atoms with E-state index in [4.69, 9.17) is 27.5 Å². The molecule has 2 saturated heterocycles. The fourth-order valence-corrected chi connectivity index (χ4v) is 13.3. The Labute approximate surface area is 413 Å². The normalized spacial score (nSPS) is 21.9. The summed E-state index contributed by atoms with van der Waals surface area (Å²) in [5.41, 5.74) is 1.22.